The Kier molecular flexibility index (Phi) is 7.87. The van der Waals surface area contributed by atoms with E-state index in [-0.39, 0.29) is 5.91 Å². The van der Waals surface area contributed by atoms with E-state index in [9.17, 15) is 4.79 Å². The van der Waals surface area contributed by atoms with Crippen molar-refractivity contribution in [1.82, 2.24) is 10.3 Å². The molecule has 0 aliphatic heterocycles. The highest BCUT2D eigenvalue weighted by atomic mass is 16.5. The molecule has 0 aliphatic rings. The molecule has 1 heterocycles. The number of amides is 1. The van der Waals surface area contributed by atoms with E-state index in [0.29, 0.717) is 37.6 Å². The number of nitrogens with zero attached hydrogens (tertiary/aromatic N) is 1. The number of nitrogens with one attached hydrogen (secondary N) is 2. The first kappa shape index (κ1) is 22.2. The average molecular weight is 420 g/mol. The summed E-state index contributed by atoms with van der Waals surface area (Å²) in [5.74, 6) is 1.83. The third kappa shape index (κ3) is 6.22. The lowest BCUT2D eigenvalue weighted by Gasteiger charge is -2.13. The molecule has 6 nitrogen and oxygen atoms in total. The predicted molar refractivity (Wildman–Crippen MR) is 124 cm³/mol. The van der Waals surface area contributed by atoms with Crippen molar-refractivity contribution >= 4 is 17.4 Å². The van der Waals surface area contributed by atoms with Crippen LogP contribution in [0.5, 0.6) is 11.5 Å². The molecule has 0 spiro atoms. The normalized spacial score (nSPS) is 10.4. The SMILES string of the molecule is CCOc1ccc(CCNC(=O)c2cccnc2Nc2ccc(C)cc2)cc1OCC. The van der Waals surface area contributed by atoms with Crippen LogP contribution in [0.2, 0.25) is 0 Å². The number of aryl methyl sites for hydroxylation is 1. The second-order valence-corrected chi connectivity index (χ2v) is 7.04. The number of benzene rings is 2. The summed E-state index contributed by atoms with van der Waals surface area (Å²) in [5, 5.41) is 6.21. The van der Waals surface area contributed by atoms with Crippen LogP contribution >= 0.6 is 0 Å². The monoisotopic (exact) mass is 419 g/mol. The van der Waals surface area contributed by atoms with Crippen molar-refractivity contribution in [3.8, 4) is 11.5 Å². The van der Waals surface area contributed by atoms with Crippen LogP contribution in [0.15, 0.2) is 60.8 Å². The first-order valence-corrected chi connectivity index (χ1v) is 10.6. The van der Waals surface area contributed by atoms with Gasteiger partial charge in [-0.15, -0.1) is 0 Å². The number of hydrogen-bond donors (Lipinski definition) is 2. The van der Waals surface area contributed by atoms with E-state index in [1.807, 2.05) is 63.2 Å². The zero-order chi connectivity index (χ0) is 22.1. The molecular formula is C25H29N3O3. The Balaban J connectivity index is 1.62. The fraction of sp³-hybridized carbons (Fsp3) is 0.280. The Hall–Kier alpha value is -3.54. The Morgan fingerprint density at radius 1 is 0.968 bits per heavy atom. The molecule has 3 aromatic rings. The van der Waals surface area contributed by atoms with Gasteiger partial charge in [-0.1, -0.05) is 23.8 Å². The number of carbonyl (C=O) groups excluding carboxylic acids is 1. The summed E-state index contributed by atoms with van der Waals surface area (Å²) in [6.07, 6.45) is 2.35. The van der Waals surface area contributed by atoms with Gasteiger partial charge in [0.2, 0.25) is 0 Å². The summed E-state index contributed by atoms with van der Waals surface area (Å²) in [6, 6.07) is 17.4. The summed E-state index contributed by atoms with van der Waals surface area (Å²) >= 11 is 0. The van der Waals surface area contributed by atoms with Gasteiger partial charge in [0.15, 0.2) is 11.5 Å². The standard InChI is InChI=1S/C25H29N3O3/c1-4-30-22-13-10-19(17-23(22)31-5-2)14-16-27-25(29)21-7-6-15-26-24(21)28-20-11-8-18(3)9-12-20/h6-13,15,17H,4-5,14,16H2,1-3H3,(H,26,28)(H,27,29). The molecule has 0 aliphatic carbocycles. The summed E-state index contributed by atoms with van der Waals surface area (Å²) in [4.78, 5) is 17.1. The molecule has 162 valence electrons. The number of pyridine rings is 1. The molecule has 1 amide bonds. The van der Waals surface area contributed by atoms with E-state index in [0.717, 1.165) is 22.7 Å². The van der Waals surface area contributed by atoms with Crippen molar-refractivity contribution in [1.29, 1.82) is 0 Å². The zero-order valence-electron chi connectivity index (χ0n) is 18.3. The molecule has 0 radical (unpaired) electrons. The van der Waals surface area contributed by atoms with Crippen LogP contribution in [-0.2, 0) is 6.42 Å². The number of anilines is 2. The smallest absolute Gasteiger partial charge is 0.255 e. The minimum absolute atomic E-state index is 0.168. The van der Waals surface area contributed by atoms with Gasteiger partial charge in [0.25, 0.3) is 5.91 Å². The molecule has 0 bridgehead atoms. The van der Waals surface area contributed by atoms with E-state index in [1.165, 1.54) is 5.56 Å². The second kappa shape index (κ2) is 11.0. The minimum atomic E-state index is -0.168. The summed E-state index contributed by atoms with van der Waals surface area (Å²) < 4.78 is 11.3. The molecule has 2 N–H and O–H groups in total. The fourth-order valence-electron chi connectivity index (χ4n) is 3.13. The molecular weight excluding hydrogens is 390 g/mol. The number of ether oxygens (including phenoxy) is 2. The van der Waals surface area contributed by atoms with Crippen LogP contribution < -0.4 is 20.1 Å². The number of carbonyl (C=O) groups is 1. The van der Waals surface area contributed by atoms with Crippen molar-refractivity contribution in [2.24, 2.45) is 0 Å². The Bertz CT molecular complexity index is 1000. The topological polar surface area (TPSA) is 72.5 Å². The molecule has 0 saturated carbocycles. The lowest BCUT2D eigenvalue weighted by molar-refractivity contribution is 0.0954. The number of rotatable bonds is 10. The molecule has 3 rings (SSSR count). The molecule has 0 fully saturated rings. The maximum Gasteiger partial charge on any atom is 0.255 e. The van der Waals surface area contributed by atoms with E-state index in [1.54, 1.807) is 18.3 Å². The van der Waals surface area contributed by atoms with Crippen LogP contribution in [0.1, 0.15) is 35.3 Å². The number of aromatic nitrogens is 1. The predicted octanol–water partition coefficient (Wildman–Crippen LogP) is 4.90. The van der Waals surface area contributed by atoms with Gasteiger partial charge in [-0.2, -0.15) is 0 Å². The Labute approximate surface area is 183 Å². The van der Waals surface area contributed by atoms with E-state index >= 15 is 0 Å². The van der Waals surface area contributed by atoms with Gasteiger partial charge < -0.3 is 20.1 Å². The van der Waals surface area contributed by atoms with Crippen molar-refractivity contribution < 1.29 is 14.3 Å². The van der Waals surface area contributed by atoms with Gasteiger partial charge in [-0.25, -0.2) is 4.98 Å². The van der Waals surface area contributed by atoms with Crippen LogP contribution in [0.3, 0.4) is 0 Å². The van der Waals surface area contributed by atoms with Gasteiger partial charge in [-0.3, -0.25) is 4.79 Å². The lowest BCUT2D eigenvalue weighted by atomic mass is 10.1. The third-order valence-electron chi connectivity index (χ3n) is 4.67. The quantitative estimate of drug-likeness (QED) is 0.489. The van der Waals surface area contributed by atoms with Crippen LogP contribution in [0, 0.1) is 6.92 Å². The van der Waals surface area contributed by atoms with Gasteiger partial charge in [0.05, 0.1) is 18.8 Å². The lowest BCUT2D eigenvalue weighted by Crippen LogP contribution is -2.26. The third-order valence-corrected chi connectivity index (χ3v) is 4.67. The van der Waals surface area contributed by atoms with Crippen LogP contribution in [0.4, 0.5) is 11.5 Å². The van der Waals surface area contributed by atoms with E-state index in [2.05, 4.69) is 15.6 Å². The van der Waals surface area contributed by atoms with Crippen molar-refractivity contribution in [3.05, 3.63) is 77.5 Å². The average Bonchev–Trinajstić information content (AvgIpc) is 2.77. The molecule has 0 unspecified atom stereocenters. The highest BCUT2D eigenvalue weighted by Crippen LogP contribution is 2.28. The number of hydrogen-bond acceptors (Lipinski definition) is 5. The molecule has 0 saturated heterocycles. The minimum Gasteiger partial charge on any atom is -0.490 e. The maximum atomic E-state index is 12.8. The molecule has 31 heavy (non-hydrogen) atoms. The Morgan fingerprint density at radius 2 is 1.71 bits per heavy atom. The first-order chi connectivity index (χ1) is 15.1. The van der Waals surface area contributed by atoms with E-state index < -0.39 is 0 Å². The maximum absolute atomic E-state index is 12.8. The van der Waals surface area contributed by atoms with Crippen molar-refractivity contribution in [2.45, 2.75) is 27.2 Å². The van der Waals surface area contributed by atoms with Crippen LogP contribution in [0.25, 0.3) is 0 Å². The first-order valence-electron chi connectivity index (χ1n) is 10.6. The van der Waals surface area contributed by atoms with Gasteiger partial charge in [0.1, 0.15) is 5.82 Å². The van der Waals surface area contributed by atoms with E-state index in [4.69, 9.17) is 9.47 Å². The Morgan fingerprint density at radius 3 is 2.45 bits per heavy atom. The van der Waals surface area contributed by atoms with Crippen molar-refractivity contribution in [2.75, 3.05) is 25.1 Å². The molecule has 6 heteroatoms. The van der Waals surface area contributed by atoms with Gasteiger partial charge >= 0.3 is 0 Å². The molecule has 1 aromatic heterocycles. The largest absolute Gasteiger partial charge is 0.490 e. The zero-order valence-corrected chi connectivity index (χ0v) is 18.3. The summed E-state index contributed by atoms with van der Waals surface area (Å²) in [5.41, 5.74) is 3.63. The highest BCUT2D eigenvalue weighted by Gasteiger charge is 2.13. The van der Waals surface area contributed by atoms with Crippen molar-refractivity contribution in [3.63, 3.8) is 0 Å². The van der Waals surface area contributed by atoms with Crippen LogP contribution in [-0.4, -0.2) is 30.6 Å². The summed E-state index contributed by atoms with van der Waals surface area (Å²) in [6.45, 7) is 7.57. The van der Waals surface area contributed by atoms with Gasteiger partial charge in [-0.05, 0) is 69.2 Å². The second-order valence-electron chi connectivity index (χ2n) is 7.04. The fourth-order valence-corrected chi connectivity index (χ4v) is 3.13. The molecule has 2 aromatic carbocycles. The highest BCUT2D eigenvalue weighted by molar-refractivity contribution is 5.99. The van der Waals surface area contributed by atoms with Gasteiger partial charge in [0, 0.05) is 18.4 Å². The molecule has 0 atom stereocenters. The summed E-state index contributed by atoms with van der Waals surface area (Å²) in [7, 11) is 0.